The van der Waals surface area contributed by atoms with Crippen LogP contribution in [0, 0.1) is 0 Å². The van der Waals surface area contributed by atoms with Crippen LogP contribution >= 0.6 is 24.0 Å². The molecule has 1 aromatic carbocycles. The van der Waals surface area contributed by atoms with Crippen molar-refractivity contribution in [3.8, 4) is 5.75 Å². The van der Waals surface area contributed by atoms with Crippen molar-refractivity contribution in [1.82, 2.24) is 5.32 Å². The van der Waals surface area contributed by atoms with Crippen LogP contribution in [-0.4, -0.2) is 39.3 Å². The van der Waals surface area contributed by atoms with E-state index >= 15 is 0 Å². The Bertz CT molecular complexity index is 417. The zero-order chi connectivity index (χ0) is 14.1. The Hall–Kier alpha value is -1.01. The van der Waals surface area contributed by atoms with Crippen molar-refractivity contribution < 1.29 is 14.3 Å². The molecule has 0 atom stereocenters. The lowest BCUT2D eigenvalue weighted by Gasteiger charge is -2.11. The van der Waals surface area contributed by atoms with Gasteiger partial charge >= 0.3 is 0 Å². The van der Waals surface area contributed by atoms with Crippen molar-refractivity contribution in [2.45, 2.75) is 6.42 Å². The number of rotatable bonds is 8. The zero-order valence-corrected chi connectivity index (χ0v) is 12.9. The fourth-order valence-electron chi connectivity index (χ4n) is 1.44. The number of carbonyl (C=O) groups is 1. The normalized spacial score (nSPS) is 9.75. The molecule has 0 aliphatic heterocycles. The molecule has 0 saturated heterocycles. The fourth-order valence-corrected chi connectivity index (χ4v) is 1.61. The topological polar surface area (TPSA) is 73.6 Å². The Morgan fingerprint density at radius 3 is 2.80 bits per heavy atom. The van der Waals surface area contributed by atoms with Gasteiger partial charge in [-0.15, -0.1) is 12.4 Å². The van der Waals surface area contributed by atoms with E-state index in [1.165, 1.54) is 0 Å². The first-order valence-electron chi connectivity index (χ1n) is 6.08. The maximum atomic E-state index is 12.0. The average Bonchev–Trinajstić information content (AvgIpc) is 2.40. The number of ether oxygens (including phenoxy) is 2. The number of hydrogen-bond donors (Lipinski definition) is 2. The molecule has 0 spiro atoms. The van der Waals surface area contributed by atoms with E-state index in [0.717, 1.165) is 6.42 Å². The number of hydrogen-bond acceptors (Lipinski definition) is 4. The van der Waals surface area contributed by atoms with Gasteiger partial charge in [0.2, 0.25) is 0 Å². The minimum Gasteiger partial charge on any atom is -0.490 e. The van der Waals surface area contributed by atoms with Crippen LogP contribution in [0.25, 0.3) is 0 Å². The van der Waals surface area contributed by atoms with Crippen molar-refractivity contribution >= 4 is 29.9 Å². The van der Waals surface area contributed by atoms with Gasteiger partial charge in [0.25, 0.3) is 5.91 Å². The second kappa shape index (κ2) is 10.7. The summed E-state index contributed by atoms with van der Waals surface area (Å²) in [6.45, 7) is 1.89. The summed E-state index contributed by atoms with van der Waals surface area (Å²) in [5.74, 6) is 0.273. The maximum Gasteiger partial charge on any atom is 0.255 e. The first-order valence-corrected chi connectivity index (χ1v) is 6.46. The van der Waals surface area contributed by atoms with Gasteiger partial charge in [0.05, 0.1) is 12.2 Å². The number of methoxy groups -OCH3 is 1. The van der Waals surface area contributed by atoms with E-state index in [0.29, 0.717) is 42.6 Å². The molecular weight excluding hydrogens is 303 g/mol. The summed E-state index contributed by atoms with van der Waals surface area (Å²) in [5.41, 5.74) is 5.79. The molecule has 0 aliphatic carbocycles. The van der Waals surface area contributed by atoms with E-state index in [2.05, 4.69) is 5.32 Å². The molecule has 7 heteroatoms. The van der Waals surface area contributed by atoms with Crippen molar-refractivity contribution in [2.24, 2.45) is 5.73 Å². The van der Waals surface area contributed by atoms with Gasteiger partial charge < -0.3 is 20.5 Å². The van der Waals surface area contributed by atoms with Crippen molar-refractivity contribution in [3.05, 3.63) is 28.8 Å². The zero-order valence-electron chi connectivity index (χ0n) is 11.4. The molecule has 0 radical (unpaired) electrons. The first kappa shape index (κ1) is 19.0. The molecule has 114 valence electrons. The molecule has 1 amide bonds. The second-order valence-corrected chi connectivity index (χ2v) is 4.32. The van der Waals surface area contributed by atoms with Gasteiger partial charge in [0.15, 0.2) is 0 Å². The molecule has 5 nitrogen and oxygen atoms in total. The van der Waals surface area contributed by atoms with Gasteiger partial charge in [-0.25, -0.2) is 0 Å². The van der Waals surface area contributed by atoms with E-state index in [9.17, 15) is 4.79 Å². The number of nitrogens with two attached hydrogens (primary N) is 1. The van der Waals surface area contributed by atoms with E-state index in [4.69, 9.17) is 26.8 Å². The van der Waals surface area contributed by atoms with Crippen LogP contribution in [0.4, 0.5) is 0 Å². The van der Waals surface area contributed by atoms with Crippen molar-refractivity contribution in [2.75, 3.05) is 33.4 Å². The van der Waals surface area contributed by atoms with Crippen LogP contribution in [0.1, 0.15) is 16.8 Å². The van der Waals surface area contributed by atoms with Crippen LogP contribution in [0.5, 0.6) is 5.75 Å². The Kier molecular flexibility index (Phi) is 10.2. The number of benzene rings is 1. The number of amides is 1. The van der Waals surface area contributed by atoms with E-state index < -0.39 is 0 Å². The minimum absolute atomic E-state index is 0. The number of halogens is 2. The summed E-state index contributed by atoms with van der Waals surface area (Å²) >= 11 is 5.90. The highest BCUT2D eigenvalue weighted by Crippen LogP contribution is 2.22. The summed E-state index contributed by atoms with van der Waals surface area (Å²) in [7, 11) is 1.59. The lowest BCUT2D eigenvalue weighted by molar-refractivity contribution is 0.0945. The lowest BCUT2D eigenvalue weighted by Crippen LogP contribution is -2.26. The molecule has 0 bridgehead atoms. The van der Waals surface area contributed by atoms with E-state index in [1.807, 2.05) is 0 Å². The minimum atomic E-state index is -0.219. The number of carbonyl (C=O) groups excluding carboxylic acids is 1. The summed E-state index contributed by atoms with van der Waals surface area (Å²) in [6.07, 6.45) is 0.728. The molecule has 1 aromatic rings. The lowest BCUT2D eigenvalue weighted by atomic mass is 10.2. The summed E-state index contributed by atoms with van der Waals surface area (Å²) in [6, 6.07) is 4.94. The predicted molar refractivity (Wildman–Crippen MR) is 82.1 cm³/mol. The standard InChI is InChI=1S/C13H19ClN2O3.ClH/c1-18-7-8-19-12-4-3-10(14)9-11(12)13(17)16-6-2-5-15;/h3-4,9H,2,5-8,15H2,1H3,(H,16,17);1H. The Morgan fingerprint density at radius 2 is 2.15 bits per heavy atom. The van der Waals surface area contributed by atoms with Gasteiger partial charge in [0, 0.05) is 18.7 Å². The molecule has 0 fully saturated rings. The van der Waals surface area contributed by atoms with Crippen LogP contribution in [0.2, 0.25) is 5.02 Å². The van der Waals surface area contributed by atoms with E-state index in [1.54, 1.807) is 25.3 Å². The van der Waals surface area contributed by atoms with Crippen LogP contribution in [0.15, 0.2) is 18.2 Å². The highest BCUT2D eigenvalue weighted by Gasteiger charge is 2.12. The highest BCUT2D eigenvalue weighted by atomic mass is 35.5. The number of nitrogens with one attached hydrogen (secondary N) is 1. The Balaban J connectivity index is 0.00000361. The van der Waals surface area contributed by atoms with E-state index in [-0.39, 0.29) is 18.3 Å². The summed E-state index contributed by atoms with van der Waals surface area (Å²) < 4.78 is 10.4. The highest BCUT2D eigenvalue weighted by molar-refractivity contribution is 6.31. The third-order valence-corrected chi connectivity index (χ3v) is 2.63. The van der Waals surface area contributed by atoms with Crippen LogP contribution < -0.4 is 15.8 Å². The van der Waals surface area contributed by atoms with Gasteiger partial charge in [-0.3, -0.25) is 4.79 Å². The molecule has 0 unspecified atom stereocenters. The molecule has 0 heterocycles. The molecule has 1 rings (SSSR count). The molecule has 0 aromatic heterocycles. The Morgan fingerprint density at radius 1 is 1.40 bits per heavy atom. The Labute approximate surface area is 130 Å². The molecule has 20 heavy (non-hydrogen) atoms. The quantitative estimate of drug-likeness (QED) is 0.716. The second-order valence-electron chi connectivity index (χ2n) is 3.88. The molecule has 0 saturated carbocycles. The van der Waals surface area contributed by atoms with Crippen molar-refractivity contribution in [3.63, 3.8) is 0 Å². The molecule has 3 N–H and O–H groups in total. The van der Waals surface area contributed by atoms with Crippen LogP contribution in [-0.2, 0) is 4.74 Å². The fraction of sp³-hybridized carbons (Fsp3) is 0.462. The smallest absolute Gasteiger partial charge is 0.255 e. The third-order valence-electron chi connectivity index (χ3n) is 2.40. The van der Waals surface area contributed by atoms with Gasteiger partial charge in [-0.1, -0.05) is 11.6 Å². The van der Waals surface area contributed by atoms with Crippen molar-refractivity contribution in [1.29, 1.82) is 0 Å². The molecule has 0 aliphatic rings. The van der Waals surface area contributed by atoms with Crippen LogP contribution in [0.3, 0.4) is 0 Å². The maximum absolute atomic E-state index is 12.0. The van der Waals surface area contributed by atoms with Gasteiger partial charge in [0.1, 0.15) is 12.4 Å². The van der Waals surface area contributed by atoms with Gasteiger partial charge in [-0.2, -0.15) is 0 Å². The van der Waals surface area contributed by atoms with Gasteiger partial charge in [-0.05, 0) is 31.2 Å². The first-order chi connectivity index (χ1) is 9.19. The monoisotopic (exact) mass is 322 g/mol. The SMILES string of the molecule is COCCOc1ccc(Cl)cc1C(=O)NCCCN.Cl. The largest absolute Gasteiger partial charge is 0.490 e. The summed E-state index contributed by atoms with van der Waals surface area (Å²) in [5, 5.41) is 3.26. The molecular formula is C13H20Cl2N2O3. The predicted octanol–water partition coefficient (Wildman–Crippen LogP) is 1.87. The summed E-state index contributed by atoms with van der Waals surface area (Å²) in [4.78, 5) is 12.0. The third kappa shape index (κ3) is 6.43. The average molecular weight is 323 g/mol.